The number of imidazole rings is 1. The summed E-state index contributed by atoms with van der Waals surface area (Å²) in [6, 6.07) is 2.35. The normalized spacial score (nSPS) is 12.9. The lowest BCUT2D eigenvalue weighted by Gasteiger charge is -2.13. The van der Waals surface area contributed by atoms with E-state index in [0.29, 0.717) is 6.04 Å². The summed E-state index contributed by atoms with van der Waals surface area (Å²) in [5.74, 6) is 0. The van der Waals surface area contributed by atoms with E-state index < -0.39 is 0 Å². The first-order valence-electron chi connectivity index (χ1n) is 5.46. The van der Waals surface area contributed by atoms with E-state index in [9.17, 15) is 0 Å². The Kier molecular flexibility index (Phi) is 3.36. The van der Waals surface area contributed by atoms with E-state index >= 15 is 0 Å². The van der Waals surface area contributed by atoms with Gasteiger partial charge in [0.05, 0.1) is 12.0 Å². The van der Waals surface area contributed by atoms with E-state index in [1.165, 1.54) is 5.69 Å². The fourth-order valence-electron chi connectivity index (χ4n) is 1.76. The largest absolute Gasteiger partial charge is 0.348 e. The monoisotopic (exact) mass is 219 g/mol. The molecular formula is C11H17N5. The van der Waals surface area contributed by atoms with Gasteiger partial charge in [-0.1, -0.05) is 0 Å². The van der Waals surface area contributed by atoms with Crippen LogP contribution < -0.4 is 5.32 Å². The summed E-state index contributed by atoms with van der Waals surface area (Å²) in [7, 11) is 1.96. The van der Waals surface area contributed by atoms with Gasteiger partial charge in [-0.15, -0.1) is 0 Å². The Balaban J connectivity index is 1.80. The summed E-state index contributed by atoms with van der Waals surface area (Å²) < 4.78 is 1.90. The third-order valence-electron chi connectivity index (χ3n) is 2.70. The number of nitrogens with zero attached hydrogens (tertiary/aromatic N) is 3. The smallest absolute Gasteiger partial charge is 0.0921 e. The van der Waals surface area contributed by atoms with Crippen molar-refractivity contribution in [3.05, 3.63) is 36.2 Å². The highest BCUT2D eigenvalue weighted by atomic mass is 15.3. The van der Waals surface area contributed by atoms with Crippen LogP contribution in [-0.2, 0) is 13.5 Å². The highest BCUT2D eigenvalue weighted by molar-refractivity contribution is 5.05. The molecule has 0 amide bonds. The molecule has 2 aromatic rings. The number of hydrogen-bond donors (Lipinski definition) is 2. The van der Waals surface area contributed by atoms with E-state index in [2.05, 4.69) is 27.3 Å². The van der Waals surface area contributed by atoms with Crippen LogP contribution in [0, 0.1) is 0 Å². The van der Waals surface area contributed by atoms with Gasteiger partial charge in [0.1, 0.15) is 0 Å². The Labute approximate surface area is 94.9 Å². The maximum Gasteiger partial charge on any atom is 0.0921 e. The summed E-state index contributed by atoms with van der Waals surface area (Å²) in [4.78, 5) is 7.07. The van der Waals surface area contributed by atoms with Crippen LogP contribution in [0.1, 0.15) is 24.4 Å². The van der Waals surface area contributed by atoms with Gasteiger partial charge >= 0.3 is 0 Å². The first kappa shape index (κ1) is 10.9. The number of nitrogens with one attached hydrogen (secondary N) is 2. The average Bonchev–Trinajstić information content (AvgIpc) is 2.88. The predicted octanol–water partition coefficient (Wildman–Crippen LogP) is 1.04. The standard InChI is InChI=1S/C11H17N5/c1-9(11-4-6-15-16(11)2)13-5-3-10-7-12-8-14-10/h4,6-9,13H,3,5H2,1-2H3,(H,12,14). The van der Waals surface area contributed by atoms with Crippen LogP contribution >= 0.6 is 0 Å². The van der Waals surface area contributed by atoms with Crippen molar-refractivity contribution in [1.29, 1.82) is 0 Å². The van der Waals surface area contributed by atoms with Crippen LogP contribution in [0.15, 0.2) is 24.8 Å². The first-order valence-corrected chi connectivity index (χ1v) is 5.46. The lowest BCUT2D eigenvalue weighted by molar-refractivity contribution is 0.531. The van der Waals surface area contributed by atoms with Gasteiger partial charge in [0.25, 0.3) is 0 Å². The van der Waals surface area contributed by atoms with E-state index in [1.54, 1.807) is 6.33 Å². The Hall–Kier alpha value is -1.62. The summed E-state index contributed by atoms with van der Waals surface area (Å²) >= 11 is 0. The number of aryl methyl sites for hydroxylation is 1. The average molecular weight is 219 g/mol. The molecule has 2 aromatic heterocycles. The van der Waals surface area contributed by atoms with Gasteiger partial charge in [-0.25, -0.2) is 4.98 Å². The van der Waals surface area contributed by atoms with Gasteiger partial charge in [-0.2, -0.15) is 5.10 Å². The van der Waals surface area contributed by atoms with Crippen LogP contribution in [0.3, 0.4) is 0 Å². The second kappa shape index (κ2) is 4.94. The van der Waals surface area contributed by atoms with Gasteiger partial charge in [-0.05, 0) is 13.0 Å². The fraction of sp³-hybridized carbons (Fsp3) is 0.455. The van der Waals surface area contributed by atoms with Crippen LogP contribution in [0.2, 0.25) is 0 Å². The first-order chi connectivity index (χ1) is 7.77. The highest BCUT2D eigenvalue weighted by Gasteiger charge is 2.07. The van der Waals surface area contributed by atoms with Crippen molar-refractivity contribution >= 4 is 0 Å². The van der Waals surface area contributed by atoms with Crippen molar-refractivity contribution in [2.75, 3.05) is 6.54 Å². The SMILES string of the molecule is CC(NCCc1cnc[nH]1)c1ccnn1C. The van der Waals surface area contributed by atoms with Crippen molar-refractivity contribution in [1.82, 2.24) is 25.1 Å². The topological polar surface area (TPSA) is 58.5 Å². The number of hydrogen-bond acceptors (Lipinski definition) is 3. The zero-order chi connectivity index (χ0) is 11.4. The van der Waals surface area contributed by atoms with Crippen molar-refractivity contribution in [2.24, 2.45) is 7.05 Å². The molecule has 16 heavy (non-hydrogen) atoms. The predicted molar refractivity (Wildman–Crippen MR) is 61.9 cm³/mol. The zero-order valence-electron chi connectivity index (χ0n) is 9.64. The summed E-state index contributed by atoms with van der Waals surface area (Å²) in [6.07, 6.45) is 6.35. The summed E-state index contributed by atoms with van der Waals surface area (Å²) in [5.41, 5.74) is 2.36. The highest BCUT2D eigenvalue weighted by Crippen LogP contribution is 2.09. The molecule has 1 atom stereocenters. The lowest BCUT2D eigenvalue weighted by Crippen LogP contribution is -2.23. The Morgan fingerprint density at radius 2 is 2.44 bits per heavy atom. The quantitative estimate of drug-likeness (QED) is 0.790. The molecule has 1 unspecified atom stereocenters. The Morgan fingerprint density at radius 3 is 3.06 bits per heavy atom. The van der Waals surface area contributed by atoms with Crippen LogP contribution in [0.5, 0.6) is 0 Å². The Morgan fingerprint density at radius 1 is 1.56 bits per heavy atom. The molecule has 0 aromatic carbocycles. The van der Waals surface area contributed by atoms with Crippen molar-refractivity contribution in [2.45, 2.75) is 19.4 Å². The molecule has 0 fully saturated rings. The maximum atomic E-state index is 4.16. The van der Waals surface area contributed by atoms with Gasteiger partial charge in [0, 0.05) is 44.1 Å². The number of aromatic nitrogens is 4. The summed E-state index contributed by atoms with van der Waals surface area (Å²) in [5, 5.41) is 7.61. The number of H-pyrrole nitrogens is 1. The molecule has 0 aliphatic rings. The third-order valence-corrected chi connectivity index (χ3v) is 2.70. The second-order valence-corrected chi connectivity index (χ2v) is 3.88. The van der Waals surface area contributed by atoms with Crippen LogP contribution in [0.25, 0.3) is 0 Å². The van der Waals surface area contributed by atoms with Crippen molar-refractivity contribution in [3.8, 4) is 0 Å². The van der Waals surface area contributed by atoms with Gasteiger partial charge < -0.3 is 10.3 Å². The molecule has 86 valence electrons. The molecule has 0 saturated heterocycles. The minimum absolute atomic E-state index is 0.315. The number of rotatable bonds is 5. The minimum Gasteiger partial charge on any atom is -0.348 e. The van der Waals surface area contributed by atoms with E-state index in [4.69, 9.17) is 0 Å². The molecule has 2 rings (SSSR count). The molecular weight excluding hydrogens is 202 g/mol. The van der Waals surface area contributed by atoms with E-state index in [0.717, 1.165) is 18.7 Å². The van der Waals surface area contributed by atoms with Gasteiger partial charge in [-0.3, -0.25) is 4.68 Å². The second-order valence-electron chi connectivity index (χ2n) is 3.88. The van der Waals surface area contributed by atoms with Crippen molar-refractivity contribution in [3.63, 3.8) is 0 Å². The Bertz CT molecular complexity index is 417. The maximum absolute atomic E-state index is 4.16. The van der Waals surface area contributed by atoms with E-state index in [1.807, 2.05) is 30.2 Å². The van der Waals surface area contributed by atoms with Crippen molar-refractivity contribution < 1.29 is 0 Å². The molecule has 5 nitrogen and oxygen atoms in total. The summed E-state index contributed by atoms with van der Waals surface area (Å²) in [6.45, 7) is 3.07. The molecule has 0 saturated carbocycles. The van der Waals surface area contributed by atoms with Crippen LogP contribution in [0.4, 0.5) is 0 Å². The molecule has 5 heteroatoms. The molecule has 0 spiro atoms. The molecule has 2 heterocycles. The fourth-order valence-corrected chi connectivity index (χ4v) is 1.76. The van der Waals surface area contributed by atoms with Gasteiger partial charge in [0.2, 0.25) is 0 Å². The van der Waals surface area contributed by atoms with Crippen LogP contribution in [-0.4, -0.2) is 26.3 Å². The molecule has 0 bridgehead atoms. The molecule has 0 radical (unpaired) electrons. The lowest BCUT2D eigenvalue weighted by atomic mass is 10.2. The van der Waals surface area contributed by atoms with E-state index in [-0.39, 0.29) is 0 Å². The zero-order valence-corrected chi connectivity index (χ0v) is 9.64. The molecule has 0 aliphatic heterocycles. The number of aromatic amines is 1. The third kappa shape index (κ3) is 2.49. The van der Waals surface area contributed by atoms with Gasteiger partial charge in [0.15, 0.2) is 0 Å². The molecule has 2 N–H and O–H groups in total. The molecule has 0 aliphatic carbocycles. The minimum atomic E-state index is 0.315.